The first-order valence-corrected chi connectivity index (χ1v) is 6.23. The Bertz CT molecular complexity index is 428. The van der Waals surface area contributed by atoms with Crippen LogP contribution in [-0.4, -0.2) is 24.8 Å². The molecule has 1 aromatic rings. The molecule has 2 aliphatic heterocycles. The van der Waals surface area contributed by atoms with Crippen LogP contribution in [0.1, 0.15) is 25.8 Å². The van der Waals surface area contributed by atoms with Crippen molar-refractivity contribution < 1.29 is 9.47 Å². The third-order valence-corrected chi connectivity index (χ3v) is 3.60. The van der Waals surface area contributed by atoms with Gasteiger partial charge in [-0.05, 0) is 36.1 Å². The molecule has 3 heteroatoms. The number of ether oxygens (including phenoxy) is 2. The molecule has 0 radical (unpaired) electrons. The summed E-state index contributed by atoms with van der Waals surface area (Å²) in [4.78, 5) is 2.51. The van der Waals surface area contributed by atoms with Crippen LogP contribution in [0.5, 0.6) is 11.5 Å². The van der Waals surface area contributed by atoms with Crippen molar-refractivity contribution in [1.82, 2.24) is 4.90 Å². The van der Waals surface area contributed by atoms with Crippen molar-refractivity contribution in [1.29, 1.82) is 0 Å². The zero-order valence-electron chi connectivity index (χ0n) is 10.5. The molecule has 1 aromatic carbocycles. The quantitative estimate of drug-likeness (QED) is 0.784. The second kappa shape index (κ2) is 3.91. The number of benzene rings is 1. The van der Waals surface area contributed by atoms with E-state index >= 15 is 0 Å². The van der Waals surface area contributed by atoms with Crippen LogP contribution in [0.4, 0.5) is 0 Å². The number of nitrogens with zero attached hydrogens (tertiary/aromatic N) is 1. The lowest BCUT2D eigenvalue weighted by Crippen LogP contribution is -2.22. The predicted molar refractivity (Wildman–Crippen MR) is 66.2 cm³/mol. The smallest absolute Gasteiger partial charge is 0.231 e. The Morgan fingerprint density at radius 2 is 2.06 bits per heavy atom. The Morgan fingerprint density at radius 3 is 2.82 bits per heavy atom. The summed E-state index contributed by atoms with van der Waals surface area (Å²) < 4.78 is 10.7. The highest BCUT2D eigenvalue weighted by Gasteiger charge is 2.29. The Kier molecular flexibility index (Phi) is 2.51. The molecule has 0 aliphatic carbocycles. The SMILES string of the molecule is CC1(C)CCN(Cc2ccc3c(c2)OCO3)C1. The molecule has 0 bridgehead atoms. The Hall–Kier alpha value is -1.22. The summed E-state index contributed by atoms with van der Waals surface area (Å²) in [6.45, 7) is 8.43. The summed E-state index contributed by atoms with van der Waals surface area (Å²) in [6, 6.07) is 6.26. The first-order valence-electron chi connectivity index (χ1n) is 6.23. The van der Waals surface area contributed by atoms with Crippen LogP contribution in [0.15, 0.2) is 18.2 Å². The second-order valence-electron chi connectivity index (χ2n) is 5.81. The van der Waals surface area contributed by atoms with E-state index in [1.807, 2.05) is 6.07 Å². The number of rotatable bonds is 2. The molecule has 2 heterocycles. The highest BCUT2D eigenvalue weighted by Crippen LogP contribution is 2.34. The van der Waals surface area contributed by atoms with E-state index in [1.54, 1.807) is 0 Å². The lowest BCUT2D eigenvalue weighted by Gasteiger charge is -2.19. The monoisotopic (exact) mass is 233 g/mol. The first kappa shape index (κ1) is 10.9. The molecule has 0 saturated carbocycles. The molecule has 0 aromatic heterocycles. The van der Waals surface area contributed by atoms with Crippen molar-refractivity contribution in [2.24, 2.45) is 5.41 Å². The van der Waals surface area contributed by atoms with Gasteiger partial charge in [0.1, 0.15) is 0 Å². The molecule has 1 fully saturated rings. The average Bonchev–Trinajstić information content (AvgIpc) is 2.84. The average molecular weight is 233 g/mol. The minimum Gasteiger partial charge on any atom is -0.454 e. The van der Waals surface area contributed by atoms with Crippen LogP contribution in [0.2, 0.25) is 0 Å². The van der Waals surface area contributed by atoms with Gasteiger partial charge in [0.2, 0.25) is 6.79 Å². The van der Waals surface area contributed by atoms with Crippen molar-refractivity contribution in [2.75, 3.05) is 19.9 Å². The summed E-state index contributed by atoms with van der Waals surface area (Å²) in [5.74, 6) is 1.76. The van der Waals surface area contributed by atoms with E-state index in [9.17, 15) is 0 Å². The zero-order valence-corrected chi connectivity index (χ0v) is 10.5. The molecular formula is C14H19NO2. The van der Waals surface area contributed by atoms with E-state index in [-0.39, 0.29) is 0 Å². The van der Waals surface area contributed by atoms with E-state index in [1.165, 1.54) is 25.1 Å². The van der Waals surface area contributed by atoms with Crippen LogP contribution < -0.4 is 9.47 Å². The lowest BCUT2D eigenvalue weighted by molar-refractivity contribution is 0.174. The van der Waals surface area contributed by atoms with Gasteiger partial charge in [0.15, 0.2) is 11.5 Å². The largest absolute Gasteiger partial charge is 0.454 e. The fourth-order valence-electron chi connectivity index (χ4n) is 2.66. The van der Waals surface area contributed by atoms with E-state index in [2.05, 4.69) is 30.9 Å². The van der Waals surface area contributed by atoms with Gasteiger partial charge in [-0.15, -0.1) is 0 Å². The fourth-order valence-corrected chi connectivity index (χ4v) is 2.66. The number of hydrogen-bond donors (Lipinski definition) is 0. The number of likely N-dealkylation sites (tertiary alicyclic amines) is 1. The number of hydrogen-bond acceptors (Lipinski definition) is 3. The highest BCUT2D eigenvalue weighted by atomic mass is 16.7. The van der Waals surface area contributed by atoms with Crippen LogP contribution in [0.25, 0.3) is 0 Å². The summed E-state index contributed by atoms with van der Waals surface area (Å²) in [7, 11) is 0. The fraction of sp³-hybridized carbons (Fsp3) is 0.571. The molecule has 0 amide bonds. The minimum absolute atomic E-state index is 0.357. The van der Waals surface area contributed by atoms with Crippen LogP contribution >= 0.6 is 0 Å². The summed E-state index contributed by atoms with van der Waals surface area (Å²) in [6.07, 6.45) is 1.29. The first-order chi connectivity index (χ1) is 8.12. The van der Waals surface area contributed by atoms with Gasteiger partial charge in [0.05, 0.1) is 0 Å². The highest BCUT2D eigenvalue weighted by molar-refractivity contribution is 5.44. The third-order valence-electron chi connectivity index (χ3n) is 3.60. The molecule has 0 unspecified atom stereocenters. The molecular weight excluding hydrogens is 214 g/mol. The van der Waals surface area contributed by atoms with Crippen molar-refractivity contribution in [2.45, 2.75) is 26.8 Å². The Morgan fingerprint density at radius 1 is 1.24 bits per heavy atom. The van der Waals surface area contributed by atoms with Gasteiger partial charge in [0.25, 0.3) is 0 Å². The standard InChI is InChI=1S/C14H19NO2/c1-14(2)5-6-15(9-14)8-11-3-4-12-13(7-11)17-10-16-12/h3-4,7H,5-6,8-10H2,1-2H3. The van der Waals surface area contributed by atoms with E-state index in [0.29, 0.717) is 12.2 Å². The second-order valence-corrected chi connectivity index (χ2v) is 5.81. The summed E-state index contributed by atoms with van der Waals surface area (Å²) in [5.41, 5.74) is 1.78. The van der Waals surface area contributed by atoms with Gasteiger partial charge in [-0.2, -0.15) is 0 Å². The minimum atomic E-state index is 0.357. The van der Waals surface area contributed by atoms with Gasteiger partial charge in [-0.3, -0.25) is 4.90 Å². The van der Waals surface area contributed by atoms with Crippen LogP contribution in [0.3, 0.4) is 0 Å². The lowest BCUT2D eigenvalue weighted by atomic mass is 9.93. The summed E-state index contributed by atoms with van der Waals surface area (Å²) >= 11 is 0. The summed E-state index contributed by atoms with van der Waals surface area (Å²) in [5, 5.41) is 0. The molecule has 0 N–H and O–H groups in total. The van der Waals surface area contributed by atoms with E-state index in [0.717, 1.165) is 18.0 Å². The Labute approximate surface area is 102 Å². The van der Waals surface area contributed by atoms with Gasteiger partial charge >= 0.3 is 0 Å². The molecule has 3 nitrogen and oxygen atoms in total. The molecule has 3 rings (SSSR count). The van der Waals surface area contributed by atoms with Crippen molar-refractivity contribution >= 4 is 0 Å². The molecule has 92 valence electrons. The molecule has 2 aliphatic rings. The van der Waals surface area contributed by atoms with Crippen LogP contribution in [-0.2, 0) is 6.54 Å². The van der Waals surface area contributed by atoms with Crippen molar-refractivity contribution in [3.05, 3.63) is 23.8 Å². The maximum absolute atomic E-state index is 5.40. The van der Waals surface area contributed by atoms with Gasteiger partial charge in [-0.1, -0.05) is 19.9 Å². The molecule has 0 atom stereocenters. The zero-order chi connectivity index (χ0) is 11.9. The third kappa shape index (κ3) is 2.25. The van der Waals surface area contributed by atoms with Crippen molar-refractivity contribution in [3.63, 3.8) is 0 Å². The topological polar surface area (TPSA) is 21.7 Å². The van der Waals surface area contributed by atoms with Crippen LogP contribution in [0, 0.1) is 5.41 Å². The van der Waals surface area contributed by atoms with Gasteiger partial charge in [-0.25, -0.2) is 0 Å². The number of fused-ring (bicyclic) bond motifs is 1. The molecule has 0 spiro atoms. The van der Waals surface area contributed by atoms with E-state index in [4.69, 9.17) is 9.47 Å². The van der Waals surface area contributed by atoms with Crippen molar-refractivity contribution in [3.8, 4) is 11.5 Å². The molecule has 1 saturated heterocycles. The Balaban J connectivity index is 1.70. The molecule has 17 heavy (non-hydrogen) atoms. The maximum atomic E-state index is 5.40. The van der Waals surface area contributed by atoms with Gasteiger partial charge in [0, 0.05) is 13.1 Å². The van der Waals surface area contributed by atoms with E-state index < -0.39 is 0 Å². The normalized spacial score (nSPS) is 22.0. The predicted octanol–water partition coefficient (Wildman–Crippen LogP) is 2.65. The maximum Gasteiger partial charge on any atom is 0.231 e. The van der Waals surface area contributed by atoms with Gasteiger partial charge < -0.3 is 9.47 Å².